The number of carbonyl (C=O) groups is 1. The molecule has 0 atom stereocenters. The summed E-state index contributed by atoms with van der Waals surface area (Å²) in [7, 11) is 0. The van der Waals surface area contributed by atoms with Crippen molar-refractivity contribution < 1.29 is 9.53 Å². The quantitative estimate of drug-likeness (QED) is 0.814. The van der Waals surface area contributed by atoms with Gasteiger partial charge in [-0.25, -0.2) is 9.97 Å². The van der Waals surface area contributed by atoms with Crippen LogP contribution in [0.15, 0.2) is 24.3 Å². The molecule has 27 heavy (non-hydrogen) atoms. The number of aryl methyl sites for hydroxylation is 3. The molecular weight excluding hydrogens is 342 g/mol. The summed E-state index contributed by atoms with van der Waals surface area (Å²) in [5.41, 5.74) is 4.10. The number of nitrogens with zero attached hydrogens (tertiary/aromatic N) is 3. The van der Waals surface area contributed by atoms with E-state index in [0.29, 0.717) is 11.6 Å². The maximum atomic E-state index is 12.6. The van der Waals surface area contributed by atoms with Gasteiger partial charge in [0.1, 0.15) is 5.69 Å². The molecule has 144 valence electrons. The Bertz CT molecular complexity index is 783. The zero-order chi connectivity index (χ0) is 19.2. The molecule has 1 fully saturated rings. The lowest BCUT2D eigenvalue weighted by Gasteiger charge is -2.26. The Morgan fingerprint density at radius 1 is 1.07 bits per heavy atom. The van der Waals surface area contributed by atoms with Crippen molar-refractivity contribution in [2.75, 3.05) is 50.0 Å². The van der Waals surface area contributed by atoms with Gasteiger partial charge in [0.15, 0.2) is 0 Å². The van der Waals surface area contributed by atoms with Gasteiger partial charge in [-0.2, -0.15) is 0 Å². The maximum Gasteiger partial charge on any atom is 0.274 e. The van der Waals surface area contributed by atoms with E-state index in [1.165, 1.54) is 0 Å². The number of carbonyl (C=O) groups excluding carboxylic acids is 1. The first-order valence-corrected chi connectivity index (χ1v) is 9.29. The first kappa shape index (κ1) is 19.3. The molecule has 7 heteroatoms. The van der Waals surface area contributed by atoms with E-state index >= 15 is 0 Å². The molecule has 0 spiro atoms. The van der Waals surface area contributed by atoms with E-state index in [2.05, 4.69) is 31.6 Å². The highest BCUT2D eigenvalue weighted by Crippen LogP contribution is 2.15. The summed E-state index contributed by atoms with van der Waals surface area (Å²) in [6.45, 7) is 10.9. The lowest BCUT2D eigenvalue weighted by Crippen LogP contribution is -2.39. The van der Waals surface area contributed by atoms with E-state index in [-0.39, 0.29) is 5.91 Å². The van der Waals surface area contributed by atoms with E-state index in [1.54, 1.807) is 6.07 Å². The number of morpholine rings is 1. The molecule has 0 radical (unpaired) electrons. The van der Waals surface area contributed by atoms with Gasteiger partial charge in [-0.3, -0.25) is 9.69 Å². The summed E-state index contributed by atoms with van der Waals surface area (Å²) < 4.78 is 5.35. The van der Waals surface area contributed by atoms with Crippen LogP contribution in [0.3, 0.4) is 0 Å². The highest BCUT2D eigenvalue weighted by atomic mass is 16.5. The van der Waals surface area contributed by atoms with Gasteiger partial charge in [-0.05, 0) is 50.1 Å². The summed E-state index contributed by atoms with van der Waals surface area (Å²) in [5, 5.41) is 6.15. The van der Waals surface area contributed by atoms with Crippen LogP contribution in [0.25, 0.3) is 0 Å². The van der Waals surface area contributed by atoms with Crippen LogP contribution in [0.5, 0.6) is 0 Å². The minimum absolute atomic E-state index is 0.235. The molecule has 0 bridgehead atoms. The maximum absolute atomic E-state index is 12.6. The summed E-state index contributed by atoms with van der Waals surface area (Å²) in [6, 6.07) is 7.66. The smallest absolute Gasteiger partial charge is 0.274 e. The van der Waals surface area contributed by atoms with Crippen molar-refractivity contribution in [2.24, 2.45) is 0 Å². The second-order valence-corrected chi connectivity index (χ2v) is 6.93. The zero-order valence-electron chi connectivity index (χ0n) is 16.2. The average molecular weight is 369 g/mol. The van der Waals surface area contributed by atoms with Gasteiger partial charge in [0.05, 0.1) is 13.2 Å². The SMILES string of the molecule is Cc1cc(C)cc(NC(=O)c2cc(C)nc(NCCN3CCOCC3)n2)c1. The van der Waals surface area contributed by atoms with Crippen molar-refractivity contribution in [3.05, 3.63) is 46.8 Å². The molecule has 0 aliphatic carbocycles. The molecule has 2 aromatic rings. The largest absolute Gasteiger partial charge is 0.379 e. The minimum Gasteiger partial charge on any atom is -0.379 e. The van der Waals surface area contributed by atoms with Crippen LogP contribution in [0, 0.1) is 20.8 Å². The summed E-state index contributed by atoms with van der Waals surface area (Å²) >= 11 is 0. The molecule has 1 aliphatic rings. The fourth-order valence-corrected chi connectivity index (χ4v) is 3.16. The predicted molar refractivity (Wildman–Crippen MR) is 106 cm³/mol. The molecule has 2 heterocycles. The van der Waals surface area contributed by atoms with Crippen LogP contribution in [0.1, 0.15) is 27.3 Å². The van der Waals surface area contributed by atoms with Crippen LogP contribution >= 0.6 is 0 Å². The van der Waals surface area contributed by atoms with E-state index in [9.17, 15) is 4.79 Å². The van der Waals surface area contributed by atoms with Crippen molar-refractivity contribution >= 4 is 17.5 Å². The second kappa shape index (κ2) is 8.92. The average Bonchev–Trinajstić information content (AvgIpc) is 2.61. The predicted octanol–water partition coefficient (Wildman–Crippen LogP) is 2.40. The molecule has 1 saturated heterocycles. The number of hydrogen-bond donors (Lipinski definition) is 2. The standard InChI is InChI=1S/C20H27N5O2/c1-14-10-15(2)12-17(11-14)23-19(26)18-13-16(3)22-20(24-18)21-4-5-25-6-8-27-9-7-25/h10-13H,4-9H2,1-3H3,(H,23,26)(H,21,22,24). The molecule has 3 rings (SSSR count). The normalized spacial score (nSPS) is 14.8. The molecule has 0 saturated carbocycles. The number of anilines is 2. The molecule has 1 aromatic heterocycles. The van der Waals surface area contributed by atoms with Crippen molar-refractivity contribution in [3.63, 3.8) is 0 Å². The Morgan fingerprint density at radius 3 is 2.48 bits per heavy atom. The van der Waals surface area contributed by atoms with E-state index in [4.69, 9.17) is 4.74 Å². The molecular formula is C20H27N5O2. The van der Waals surface area contributed by atoms with Gasteiger partial charge in [-0.1, -0.05) is 6.07 Å². The lowest BCUT2D eigenvalue weighted by molar-refractivity contribution is 0.0398. The molecule has 1 aromatic carbocycles. The van der Waals surface area contributed by atoms with Crippen molar-refractivity contribution in [2.45, 2.75) is 20.8 Å². The van der Waals surface area contributed by atoms with Crippen LogP contribution in [-0.4, -0.2) is 60.2 Å². The third-order valence-electron chi connectivity index (χ3n) is 4.38. The molecule has 2 N–H and O–H groups in total. The van der Waals surface area contributed by atoms with E-state index in [0.717, 1.165) is 61.9 Å². The van der Waals surface area contributed by atoms with Crippen LogP contribution in [-0.2, 0) is 4.74 Å². The Labute approximate surface area is 160 Å². The highest BCUT2D eigenvalue weighted by molar-refractivity contribution is 6.03. The summed E-state index contributed by atoms with van der Waals surface area (Å²) in [6.07, 6.45) is 0. The number of hydrogen-bond acceptors (Lipinski definition) is 6. The van der Waals surface area contributed by atoms with Crippen LogP contribution in [0.2, 0.25) is 0 Å². The molecule has 0 unspecified atom stereocenters. The molecule has 1 amide bonds. The summed E-state index contributed by atoms with van der Waals surface area (Å²) in [4.78, 5) is 23.7. The van der Waals surface area contributed by atoms with E-state index < -0.39 is 0 Å². The second-order valence-electron chi connectivity index (χ2n) is 6.93. The fourth-order valence-electron chi connectivity index (χ4n) is 3.16. The summed E-state index contributed by atoms with van der Waals surface area (Å²) in [5.74, 6) is 0.246. The van der Waals surface area contributed by atoms with Crippen LogP contribution in [0.4, 0.5) is 11.6 Å². The number of ether oxygens (including phenoxy) is 1. The van der Waals surface area contributed by atoms with E-state index in [1.807, 2.05) is 32.9 Å². The Balaban J connectivity index is 1.62. The topological polar surface area (TPSA) is 79.4 Å². The monoisotopic (exact) mass is 369 g/mol. The van der Waals surface area contributed by atoms with Crippen LogP contribution < -0.4 is 10.6 Å². The first-order valence-electron chi connectivity index (χ1n) is 9.29. The van der Waals surface area contributed by atoms with Gasteiger partial charge in [0.2, 0.25) is 5.95 Å². The van der Waals surface area contributed by atoms with Gasteiger partial charge in [-0.15, -0.1) is 0 Å². The molecule has 7 nitrogen and oxygen atoms in total. The number of nitrogens with one attached hydrogen (secondary N) is 2. The fraction of sp³-hybridized carbons (Fsp3) is 0.450. The van der Waals surface area contributed by atoms with Crippen molar-refractivity contribution in [1.29, 1.82) is 0 Å². The van der Waals surface area contributed by atoms with Crippen molar-refractivity contribution in [3.8, 4) is 0 Å². The van der Waals surface area contributed by atoms with Gasteiger partial charge in [0.25, 0.3) is 5.91 Å². The third-order valence-corrected chi connectivity index (χ3v) is 4.38. The number of benzene rings is 1. The lowest BCUT2D eigenvalue weighted by atomic mass is 10.1. The van der Waals surface area contributed by atoms with Gasteiger partial charge in [0, 0.05) is 37.6 Å². The van der Waals surface area contributed by atoms with Crippen molar-refractivity contribution in [1.82, 2.24) is 14.9 Å². The number of aromatic nitrogens is 2. The Morgan fingerprint density at radius 2 is 1.78 bits per heavy atom. The Kier molecular flexibility index (Phi) is 6.36. The van der Waals surface area contributed by atoms with Gasteiger partial charge < -0.3 is 15.4 Å². The number of rotatable bonds is 6. The minimum atomic E-state index is -0.235. The number of amides is 1. The molecule has 1 aliphatic heterocycles. The zero-order valence-corrected chi connectivity index (χ0v) is 16.2. The Hall–Kier alpha value is -2.51. The first-order chi connectivity index (χ1) is 13.0. The third kappa shape index (κ3) is 5.74. The highest BCUT2D eigenvalue weighted by Gasteiger charge is 2.13. The van der Waals surface area contributed by atoms with Gasteiger partial charge >= 0.3 is 0 Å².